The summed E-state index contributed by atoms with van der Waals surface area (Å²) < 4.78 is 5.42. The lowest BCUT2D eigenvalue weighted by molar-refractivity contribution is -0.0388. The fourth-order valence-electron chi connectivity index (χ4n) is 1.07. The van der Waals surface area contributed by atoms with E-state index in [4.69, 9.17) is 4.74 Å². The Bertz CT molecular complexity index is 94.9. The van der Waals surface area contributed by atoms with Gasteiger partial charge in [-0.1, -0.05) is 0 Å². The van der Waals surface area contributed by atoms with Crippen molar-refractivity contribution in [2.75, 3.05) is 20.2 Å². The maximum atomic E-state index is 5.42. The molecule has 0 saturated carbocycles. The van der Waals surface area contributed by atoms with E-state index in [1.807, 2.05) is 0 Å². The van der Waals surface area contributed by atoms with Crippen molar-refractivity contribution in [3.8, 4) is 0 Å². The number of likely N-dealkylation sites (N-methyl/N-ethyl adjacent to an activating group) is 1. The second-order valence-electron chi connectivity index (χ2n) is 2.93. The van der Waals surface area contributed by atoms with Gasteiger partial charge in [-0.3, -0.25) is 4.90 Å². The van der Waals surface area contributed by atoms with Crippen molar-refractivity contribution in [1.82, 2.24) is 4.90 Å². The van der Waals surface area contributed by atoms with Crippen molar-refractivity contribution in [2.45, 2.75) is 26.0 Å². The van der Waals surface area contributed by atoms with Gasteiger partial charge in [-0.05, 0) is 20.9 Å². The Kier molecular flexibility index (Phi) is 2.09. The Morgan fingerprint density at radius 3 is 2.56 bits per heavy atom. The quantitative estimate of drug-likeness (QED) is 0.478. The van der Waals surface area contributed by atoms with E-state index in [2.05, 4.69) is 25.8 Å². The van der Waals surface area contributed by atoms with Crippen LogP contribution in [0.1, 0.15) is 13.8 Å². The van der Waals surface area contributed by atoms with Crippen LogP contribution in [0.3, 0.4) is 0 Å². The van der Waals surface area contributed by atoms with Gasteiger partial charge in [0, 0.05) is 12.6 Å². The van der Waals surface area contributed by atoms with E-state index >= 15 is 0 Å². The average Bonchev–Trinajstić information content (AvgIpc) is 1.80. The van der Waals surface area contributed by atoms with Crippen molar-refractivity contribution in [2.24, 2.45) is 0 Å². The van der Waals surface area contributed by atoms with Crippen LogP contribution in [0.25, 0.3) is 0 Å². The second kappa shape index (κ2) is 2.67. The maximum absolute atomic E-state index is 5.42. The first kappa shape index (κ1) is 7.03. The highest BCUT2D eigenvalue weighted by Gasteiger charge is 2.18. The first-order valence-corrected chi connectivity index (χ1v) is 3.52. The van der Waals surface area contributed by atoms with Gasteiger partial charge < -0.3 is 4.74 Å². The van der Waals surface area contributed by atoms with E-state index in [1.54, 1.807) is 0 Å². The molecule has 1 heterocycles. The Labute approximate surface area is 56.8 Å². The van der Waals surface area contributed by atoms with Gasteiger partial charge in [0.15, 0.2) is 0 Å². The third-order valence-electron chi connectivity index (χ3n) is 1.92. The van der Waals surface area contributed by atoms with Gasteiger partial charge in [-0.25, -0.2) is 0 Å². The largest absolute Gasteiger partial charge is 0.376 e. The summed E-state index contributed by atoms with van der Waals surface area (Å²) in [6, 6.07) is 0.598. The van der Waals surface area contributed by atoms with Crippen LogP contribution in [0.4, 0.5) is 0 Å². The minimum atomic E-state index is 0.422. The fraction of sp³-hybridized carbons (Fsp3) is 1.00. The molecular weight excluding hydrogens is 114 g/mol. The molecule has 0 bridgehead atoms. The number of hydrogen-bond donors (Lipinski definition) is 0. The minimum Gasteiger partial charge on any atom is -0.376 e. The van der Waals surface area contributed by atoms with E-state index in [9.17, 15) is 0 Å². The van der Waals surface area contributed by atoms with Crippen molar-refractivity contribution in [3.63, 3.8) is 0 Å². The molecule has 0 unspecified atom stereocenters. The van der Waals surface area contributed by atoms with Crippen LogP contribution >= 0.6 is 0 Å². The van der Waals surface area contributed by atoms with E-state index in [1.165, 1.54) is 0 Å². The molecule has 1 rings (SSSR count). The average molecular weight is 129 g/mol. The molecule has 2 heteroatoms. The minimum absolute atomic E-state index is 0.422. The molecule has 0 radical (unpaired) electrons. The molecule has 9 heavy (non-hydrogen) atoms. The molecule has 1 saturated heterocycles. The predicted molar refractivity (Wildman–Crippen MR) is 37.5 cm³/mol. The smallest absolute Gasteiger partial charge is 0.0674 e. The molecule has 1 fully saturated rings. The number of hydrogen-bond acceptors (Lipinski definition) is 2. The molecule has 0 amide bonds. The molecule has 0 spiro atoms. The lowest BCUT2D eigenvalue weighted by atomic mass is 10.2. The van der Waals surface area contributed by atoms with Crippen LogP contribution < -0.4 is 0 Å². The first-order valence-electron chi connectivity index (χ1n) is 3.52. The van der Waals surface area contributed by atoms with E-state index < -0.39 is 0 Å². The predicted octanol–water partition coefficient (Wildman–Crippen LogP) is 0.725. The monoisotopic (exact) mass is 129 g/mol. The Balaban J connectivity index is 2.35. The van der Waals surface area contributed by atoms with Crippen LogP contribution in [-0.4, -0.2) is 37.2 Å². The summed E-state index contributed by atoms with van der Waals surface area (Å²) in [4.78, 5) is 2.33. The zero-order valence-corrected chi connectivity index (χ0v) is 6.42. The van der Waals surface area contributed by atoms with Crippen LogP contribution in [0.15, 0.2) is 0 Å². The number of ether oxygens (including phenoxy) is 1. The summed E-state index contributed by atoms with van der Waals surface area (Å²) in [5, 5.41) is 0. The lowest BCUT2D eigenvalue weighted by Gasteiger charge is -2.33. The molecule has 1 aliphatic heterocycles. The molecule has 0 N–H and O–H groups in total. The molecule has 0 aromatic carbocycles. The van der Waals surface area contributed by atoms with Crippen molar-refractivity contribution in [3.05, 3.63) is 0 Å². The first-order chi connectivity index (χ1) is 4.20. The summed E-state index contributed by atoms with van der Waals surface area (Å²) in [7, 11) is 2.14. The van der Waals surface area contributed by atoms with Crippen molar-refractivity contribution in [1.29, 1.82) is 0 Å². The normalized spacial score (nSPS) is 39.0. The van der Waals surface area contributed by atoms with E-state index in [0.29, 0.717) is 12.1 Å². The molecule has 1 aliphatic rings. The molecule has 0 aliphatic carbocycles. The Morgan fingerprint density at radius 2 is 2.11 bits per heavy atom. The standard InChI is InChI=1S/C7H15NO/c1-6-5-9-7(2)4-8(6)3/h6-7H,4-5H2,1-3H3/t6-,7-/m0/s1. The number of morpholine rings is 1. The van der Waals surface area contributed by atoms with Crippen molar-refractivity contribution < 1.29 is 4.74 Å². The van der Waals surface area contributed by atoms with Gasteiger partial charge in [-0.2, -0.15) is 0 Å². The Hall–Kier alpha value is -0.0800. The van der Waals surface area contributed by atoms with Gasteiger partial charge in [0.1, 0.15) is 0 Å². The summed E-state index contributed by atoms with van der Waals surface area (Å²) in [5.41, 5.74) is 0. The van der Waals surface area contributed by atoms with Gasteiger partial charge in [0.25, 0.3) is 0 Å². The molecule has 54 valence electrons. The van der Waals surface area contributed by atoms with E-state index in [-0.39, 0.29) is 0 Å². The van der Waals surface area contributed by atoms with Gasteiger partial charge in [-0.15, -0.1) is 0 Å². The lowest BCUT2D eigenvalue weighted by Crippen LogP contribution is -2.44. The number of nitrogens with zero attached hydrogens (tertiary/aromatic N) is 1. The SMILES string of the molecule is C[C@H]1CN(C)[C@@H](C)CO1. The zero-order chi connectivity index (χ0) is 6.85. The molecular formula is C7H15NO. The third-order valence-corrected chi connectivity index (χ3v) is 1.92. The fourth-order valence-corrected chi connectivity index (χ4v) is 1.07. The Morgan fingerprint density at radius 1 is 1.44 bits per heavy atom. The van der Waals surface area contributed by atoms with Gasteiger partial charge in [0.05, 0.1) is 12.7 Å². The maximum Gasteiger partial charge on any atom is 0.0674 e. The molecule has 2 nitrogen and oxygen atoms in total. The highest BCUT2D eigenvalue weighted by Crippen LogP contribution is 2.07. The summed E-state index contributed by atoms with van der Waals surface area (Å²) in [5.74, 6) is 0. The summed E-state index contributed by atoms with van der Waals surface area (Å²) >= 11 is 0. The zero-order valence-electron chi connectivity index (χ0n) is 6.42. The highest BCUT2D eigenvalue weighted by atomic mass is 16.5. The van der Waals surface area contributed by atoms with Crippen LogP contribution in [0, 0.1) is 0 Å². The summed E-state index contributed by atoms with van der Waals surface area (Å²) in [6.45, 7) is 6.26. The topological polar surface area (TPSA) is 12.5 Å². The second-order valence-corrected chi connectivity index (χ2v) is 2.93. The molecule has 0 aromatic heterocycles. The van der Waals surface area contributed by atoms with Gasteiger partial charge >= 0.3 is 0 Å². The number of rotatable bonds is 0. The van der Waals surface area contributed by atoms with Crippen molar-refractivity contribution >= 4 is 0 Å². The van der Waals surface area contributed by atoms with Crippen LogP contribution in [0.5, 0.6) is 0 Å². The highest BCUT2D eigenvalue weighted by molar-refractivity contribution is 4.71. The molecule has 0 aromatic rings. The third kappa shape index (κ3) is 1.66. The van der Waals surface area contributed by atoms with Gasteiger partial charge in [0.2, 0.25) is 0 Å². The molecule has 2 atom stereocenters. The summed E-state index contributed by atoms with van der Waals surface area (Å²) in [6.07, 6.45) is 0.422. The van der Waals surface area contributed by atoms with E-state index in [0.717, 1.165) is 13.2 Å². The van der Waals surface area contributed by atoms with Crippen LogP contribution in [-0.2, 0) is 4.74 Å². The van der Waals surface area contributed by atoms with Crippen LogP contribution in [0.2, 0.25) is 0 Å².